The van der Waals surface area contributed by atoms with E-state index in [1.54, 1.807) is 23.2 Å². The van der Waals surface area contributed by atoms with Crippen LogP contribution < -0.4 is 5.32 Å². The third-order valence-corrected chi connectivity index (χ3v) is 7.08. The third-order valence-electron chi connectivity index (χ3n) is 7.08. The molecule has 1 aromatic heterocycles. The highest BCUT2D eigenvalue weighted by atomic mass is 16.6. The number of pyridine rings is 1. The van der Waals surface area contributed by atoms with Crippen LogP contribution in [0.1, 0.15) is 44.1 Å². The molecule has 0 spiro atoms. The molecule has 1 aromatic rings. The molecule has 148 valence electrons. The number of hydrogen-bond acceptors (Lipinski definition) is 6. The lowest BCUT2D eigenvalue weighted by Crippen LogP contribution is -2.58. The number of likely N-dealkylation sites (tertiary alicyclic amines) is 1. The van der Waals surface area contributed by atoms with Crippen molar-refractivity contribution in [3.63, 3.8) is 0 Å². The van der Waals surface area contributed by atoms with Crippen LogP contribution in [0.4, 0.5) is 10.6 Å². The fourth-order valence-electron chi connectivity index (χ4n) is 6.12. The van der Waals surface area contributed by atoms with Crippen LogP contribution in [0, 0.1) is 29.1 Å². The number of aliphatic hydroxyl groups is 1. The number of nitrogens with one attached hydrogen (secondary N) is 1. The summed E-state index contributed by atoms with van der Waals surface area (Å²) in [6, 6.07) is 5.71. The van der Waals surface area contributed by atoms with Crippen LogP contribution in [0.25, 0.3) is 0 Å². The lowest BCUT2D eigenvalue weighted by molar-refractivity contribution is -0.177. The van der Waals surface area contributed by atoms with Gasteiger partial charge in [-0.25, -0.2) is 9.78 Å². The van der Waals surface area contributed by atoms with Gasteiger partial charge in [0, 0.05) is 25.3 Å². The van der Waals surface area contributed by atoms with Crippen LogP contribution in [0.5, 0.6) is 0 Å². The quantitative estimate of drug-likeness (QED) is 0.833. The van der Waals surface area contributed by atoms with Crippen molar-refractivity contribution in [3.05, 3.63) is 23.9 Å². The normalized spacial score (nSPS) is 38.3. The average molecular weight is 382 g/mol. The van der Waals surface area contributed by atoms with Crippen molar-refractivity contribution < 1.29 is 14.6 Å². The van der Waals surface area contributed by atoms with E-state index in [1.807, 2.05) is 0 Å². The van der Waals surface area contributed by atoms with Gasteiger partial charge in [-0.1, -0.05) is 0 Å². The Kier molecular flexibility index (Phi) is 4.20. The molecule has 1 amide bonds. The first-order valence-electron chi connectivity index (χ1n) is 10.3. The summed E-state index contributed by atoms with van der Waals surface area (Å²) in [5.74, 6) is 1.96. The SMILES string of the molecule is N#Cc1ccc(N[C@@H]2CCN(C(=O)OC3C4CC5C[C@@H]3C[C@@](O)(C5)C4)C2)nc1. The topological polar surface area (TPSA) is 98.5 Å². The number of amides is 1. The molecule has 3 unspecified atom stereocenters. The average Bonchev–Trinajstić information content (AvgIpc) is 3.12. The lowest BCUT2D eigenvalue weighted by Gasteiger charge is -2.57. The molecule has 0 aromatic carbocycles. The van der Waals surface area contributed by atoms with Crippen molar-refractivity contribution >= 4 is 11.9 Å². The van der Waals surface area contributed by atoms with E-state index in [9.17, 15) is 9.90 Å². The maximum absolute atomic E-state index is 12.8. The van der Waals surface area contributed by atoms with E-state index in [0.29, 0.717) is 42.2 Å². The van der Waals surface area contributed by atoms with Gasteiger partial charge in [-0.3, -0.25) is 0 Å². The number of carbonyl (C=O) groups is 1. The molecule has 4 saturated carbocycles. The highest BCUT2D eigenvalue weighted by molar-refractivity contribution is 5.68. The number of ether oxygens (including phenoxy) is 1. The summed E-state index contributed by atoms with van der Waals surface area (Å²) >= 11 is 0. The first kappa shape index (κ1) is 17.7. The van der Waals surface area contributed by atoms with Crippen molar-refractivity contribution in [1.29, 1.82) is 5.26 Å². The van der Waals surface area contributed by atoms with Crippen molar-refractivity contribution in [3.8, 4) is 6.07 Å². The third kappa shape index (κ3) is 3.20. The van der Waals surface area contributed by atoms with Crippen LogP contribution in [0.15, 0.2) is 18.3 Å². The highest BCUT2D eigenvalue weighted by Gasteiger charge is 2.56. The maximum Gasteiger partial charge on any atom is 0.410 e. The van der Waals surface area contributed by atoms with Gasteiger partial charge < -0.3 is 20.1 Å². The van der Waals surface area contributed by atoms with Crippen molar-refractivity contribution in [2.75, 3.05) is 18.4 Å². The summed E-state index contributed by atoms with van der Waals surface area (Å²) in [5.41, 5.74) is 0.0263. The second-order valence-corrected chi connectivity index (χ2v) is 9.16. The zero-order valence-corrected chi connectivity index (χ0v) is 15.9. The molecule has 0 radical (unpaired) electrons. The number of nitrogens with zero attached hydrogens (tertiary/aromatic N) is 3. The Morgan fingerprint density at radius 3 is 2.75 bits per heavy atom. The Labute approximate surface area is 164 Å². The lowest BCUT2D eigenvalue weighted by atomic mass is 9.53. The minimum Gasteiger partial charge on any atom is -0.446 e. The van der Waals surface area contributed by atoms with Crippen molar-refractivity contribution in [1.82, 2.24) is 9.88 Å². The molecule has 2 N–H and O–H groups in total. The monoisotopic (exact) mass is 382 g/mol. The van der Waals surface area contributed by atoms with E-state index in [-0.39, 0.29) is 18.2 Å². The second kappa shape index (κ2) is 6.63. The van der Waals surface area contributed by atoms with Crippen LogP contribution >= 0.6 is 0 Å². The fraction of sp³-hybridized carbons (Fsp3) is 0.667. The molecule has 1 saturated heterocycles. The molecule has 28 heavy (non-hydrogen) atoms. The minimum atomic E-state index is -0.504. The minimum absolute atomic E-state index is 0.0310. The first-order chi connectivity index (χ1) is 13.5. The molecule has 2 heterocycles. The van der Waals surface area contributed by atoms with Crippen LogP contribution in [-0.2, 0) is 4.74 Å². The highest BCUT2D eigenvalue weighted by Crippen LogP contribution is 2.56. The number of hydrogen-bond donors (Lipinski definition) is 2. The summed E-state index contributed by atoms with van der Waals surface area (Å²) in [7, 11) is 0. The van der Waals surface area contributed by atoms with Gasteiger partial charge in [0.05, 0.1) is 11.2 Å². The Balaban J connectivity index is 1.16. The van der Waals surface area contributed by atoms with Gasteiger partial charge in [-0.05, 0) is 68.4 Å². The van der Waals surface area contributed by atoms with Crippen LogP contribution in [-0.4, -0.2) is 51.9 Å². The molecule has 5 fully saturated rings. The van der Waals surface area contributed by atoms with Gasteiger partial charge in [0.1, 0.15) is 18.0 Å². The smallest absolute Gasteiger partial charge is 0.410 e. The number of rotatable bonds is 3. The molecule has 7 heteroatoms. The molecular weight excluding hydrogens is 356 g/mol. The summed E-state index contributed by atoms with van der Waals surface area (Å²) in [4.78, 5) is 18.8. The molecule has 1 aliphatic heterocycles. The molecule has 6 rings (SSSR count). The van der Waals surface area contributed by atoms with Gasteiger partial charge >= 0.3 is 6.09 Å². The van der Waals surface area contributed by atoms with E-state index in [1.165, 1.54) is 0 Å². The van der Waals surface area contributed by atoms with Crippen LogP contribution in [0.2, 0.25) is 0 Å². The first-order valence-corrected chi connectivity index (χ1v) is 10.3. The van der Waals surface area contributed by atoms with Crippen LogP contribution in [0.3, 0.4) is 0 Å². The Bertz CT molecular complexity index is 789. The van der Waals surface area contributed by atoms with E-state index >= 15 is 0 Å². The fourth-order valence-corrected chi connectivity index (χ4v) is 6.12. The Morgan fingerprint density at radius 2 is 2.11 bits per heavy atom. The van der Waals surface area contributed by atoms with Gasteiger partial charge in [-0.2, -0.15) is 5.26 Å². The van der Waals surface area contributed by atoms with Crippen molar-refractivity contribution in [2.45, 2.75) is 56.3 Å². The Morgan fingerprint density at radius 1 is 1.32 bits per heavy atom. The predicted molar refractivity (Wildman–Crippen MR) is 101 cm³/mol. The Hall–Kier alpha value is -2.33. The molecule has 6 atom stereocenters. The number of aromatic nitrogens is 1. The van der Waals surface area contributed by atoms with Gasteiger partial charge in [0.2, 0.25) is 0 Å². The molecule has 7 nitrogen and oxygen atoms in total. The van der Waals surface area contributed by atoms with E-state index in [2.05, 4.69) is 16.4 Å². The van der Waals surface area contributed by atoms with E-state index < -0.39 is 5.60 Å². The second-order valence-electron chi connectivity index (χ2n) is 9.16. The number of carbonyl (C=O) groups excluding carboxylic acids is 1. The summed E-state index contributed by atoms with van der Waals surface area (Å²) in [6.07, 6.45) is 6.82. The predicted octanol–water partition coefficient (Wildman–Crippen LogP) is 2.52. The van der Waals surface area contributed by atoms with E-state index in [0.717, 1.165) is 38.5 Å². The summed E-state index contributed by atoms with van der Waals surface area (Å²) in [6.45, 7) is 1.26. The number of anilines is 1. The standard InChI is InChI=1S/C21H26N4O3/c22-10-13-1-2-18(23-11-13)24-17-3-4-25(12-17)20(26)28-19-15-5-14-6-16(19)9-21(27,7-14)8-15/h1-2,11,14-17,19,27H,3-9,12H2,(H,23,24)/t14?,15-,16?,17-,19?,21+/m1/s1. The summed E-state index contributed by atoms with van der Waals surface area (Å²) in [5, 5.41) is 22.9. The molecular formula is C21H26N4O3. The van der Waals surface area contributed by atoms with Crippen molar-refractivity contribution in [2.24, 2.45) is 17.8 Å². The largest absolute Gasteiger partial charge is 0.446 e. The van der Waals surface area contributed by atoms with Gasteiger partial charge in [0.15, 0.2) is 0 Å². The molecule has 4 aliphatic carbocycles. The van der Waals surface area contributed by atoms with Gasteiger partial charge in [0.25, 0.3) is 0 Å². The summed E-state index contributed by atoms with van der Waals surface area (Å²) < 4.78 is 5.98. The maximum atomic E-state index is 12.8. The zero-order valence-electron chi connectivity index (χ0n) is 15.9. The van der Waals surface area contributed by atoms with Gasteiger partial charge in [-0.15, -0.1) is 0 Å². The zero-order chi connectivity index (χ0) is 19.3. The van der Waals surface area contributed by atoms with E-state index in [4.69, 9.17) is 10.00 Å². The number of nitriles is 1. The molecule has 4 bridgehead atoms. The molecule has 5 aliphatic rings.